The Morgan fingerprint density at radius 2 is 2.06 bits per heavy atom. The van der Waals surface area contributed by atoms with Gasteiger partial charge in [-0.05, 0) is 17.7 Å². The number of hydrogen-bond acceptors (Lipinski definition) is 5. The monoisotopic (exact) mass is 249 g/mol. The van der Waals surface area contributed by atoms with E-state index in [0.717, 1.165) is 0 Å². The van der Waals surface area contributed by atoms with Gasteiger partial charge in [0.25, 0.3) is 5.91 Å². The fourth-order valence-corrected chi connectivity index (χ4v) is 2.12. The Labute approximate surface area is 102 Å². The van der Waals surface area contributed by atoms with E-state index in [-0.39, 0.29) is 13.3 Å². The largest absolute Gasteiger partial charge is 0.454 e. The van der Waals surface area contributed by atoms with Gasteiger partial charge < -0.3 is 20.5 Å². The summed E-state index contributed by atoms with van der Waals surface area (Å²) in [4.78, 5) is 23.2. The van der Waals surface area contributed by atoms with E-state index in [9.17, 15) is 9.59 Å². The quantitative estimate of drug-likeness (QED) is 0.608. The van der Waals surface area contributed by atoms with E-state index in [1.165, 1.54) is 0 Å². The Morgan fingerprint density at radius 1 is 1.28 bits per heavy atom. The molecule has 2 aliphatic heterocycles. The zero-order chi connectivity index (χ0) is 12.8. The Balaban J connectivity index is 2.07. The standard InChI is InChI=1S/C11H11N3O4/c12-4-11(9(15)13-10(16)14-11)6-1-2-7-8(3-6)18-5-17-7/h1-3H,4-5,12H2,(H2,13,14,15,16). The molecular weight excluding hydrogens is 238 g/mol. The highest BCUT2D eigenvalue weighted by atomic mass is 16.7. The molecule has 94 valence electrons. The first-order chi connectivity index (χ1) is 8.65. The Hall–Kier alpha value is -2.28. The van der Waals surface area contributed by atoms with Gasteiger partial charge >= 0.3 is 6.03 Å². The van der Waals surface area contributed by atoms with Gasteiger partial charge in [0.05, 0.1) is 0 Å². The molecule has 0 spiro atoms. The van der Waals surface area contributed by atoms with E-state index in [1.807, 2.05) is 0 Å². The highest BCUT2D eigenvalue weighted by molar-refractivity contribution is 6.07. The summed E-state index contributed by atoms with van der Waals surface area (Å²) in [5.74, 6) is 0.679. The van der Waals surface area contributed by atoms with Gasteiger partial charge in [-0.1, -0.05) is 6.07 Å². The molecule has 0 aromatic heterocycles. The van der Waals surface area contributed by atoms with Crippen LogP contribution in [0.2, 0.25) is 0 Å². The number of hydrogen-bond donors (Lipinski definition) is 3. The van der Waals surface area contributed by atoms with E-state index in [1.54, 1.807) is 18.2 Å². The molecule has 7 nitrogen and oxygen atoms in total. The second kappa shape index (κ2) is 3.61. The molecule has 0 saturated carbocycles. The summed E-state index contributed by atoms with van der Waals surface area (Å²) in [6, 6.07) is 4.47. The smallest absolute Gasteiger partial charge is 0.322 e. The van der Waals surface area contributed by atoms with E-state index >= 15 is 0 Å². The number of nitrogens with one attached hydrogen (secondary N) is 2. The molecule has 2 aliphatic rings. The minimum Gasteiger partial charge on any atom is -0.454 e. The first kappa shape index (κ1) is 10.8. The number of carbonyl (C=O) groups is 2. The van der Waals surface area contributed by atoms with Gasteiger partial charge in [-0.15, -0.1) is 0 Å². The third kappa shape index (κ3) is 1.34. The number of nitrogens with two attached hydrogens (primary N) is 1. The molecule has 18 heavy (non-hydrogen) atoms. The normalized spacial score (nSPS) is 24.9. The van der Waals surface area contributed by atoms with Gasteiger partial charge in [-0.3, -0.25) is 10.1 Å². The van der Waals surface area contributed by atoms with Crippen LogP contribution in [-0.4, -0.2) is 25.3 Å². The molecular formula is C11H11N3O4. The topological polar surface area (TPSA) is 103 Å². The summed E-state index contributed by atoms with van der Waals surface area (Å²) < 4.78 is 10.4. The van der Waals surface area contributed by atoms with Crippen LogP contribution in [-0.2, 0) is 10.3 Å². The summed E-state index contributed by atoms with van der Waals surface area (Å²) in [5, 5.41) is 4.74. The molecule has 2 heterocycles. The number of fused-ring (bicyclic) bond motifs is 1. The maximum atomic E-state index is 11.9. The van der Waals surface area contributed by atoms with Crippen LogP contribution in [0.4, 0.5) is 4.79 Å². The van der Waals surface area contributed by atoms with Gasteiger partial charge in [0.1, 0.15) is 0 Å². The summed E-state index contributed by atoms with van der Waals surface area (Å²) in [5.41, 5.74) is 4.98. The highest BCUT2D eigenvalue weighted by Gasteiger charge is 2.47. The first-order valence-corrected chi connectivity index (χ1v) is 5.39. The van der Waals surface area contributed by atoms with Gasteiger partial charge in [0.2, 0.25) is 6.79 Å². The van der Waals surface area contributed by atoms with E-state index in [0.29, 0.717) is 17.1 Å². The minimum absolute atomic E-state index is 0.0375. The average Bonchev–Trinajstić information content (AvgIpc) is 2.92. The van der Waals surface area contributed by atoms with E-state index in [4.69, 9.17) is 15.2 Å². The van der Waals surface area contributed by atoms with Crippen molar-refractivity contribution in [1.82, 2.24) is 10.6 Å². The maximum Gasteiger partial charge on any atom is 0.322 e. The number of rotatable bonds is 2. The van der Waals surface area contributed by atoms with E-state index in [2.05, 4.69) is 10.6 Å². The Morgan fingerprint density at radius 3 is 2.72 bits per heavy atom. The van der Waals surface area contributed by atoms with Crippen molar-refractivity contribution in [1.29, 1.82) is 0 Å². The number of amides is 3. The lowest BCUT2D eigenvalue weighted by Gasteiger charge is -2.24. The lowest BCUT2D eigenvalue weighted by Crippen LogP contribution is -2.49. The molecule has 1 fully saturated rings. The van der Waals surface area contributed by atoms with Crippen molar-refractivity contribution in [2.45, 2.75) is 5.54 Å². The molecule has 1 saturated heterocycles. The predicted molar refractivity (Wildman–Crippen MR) is 60.0 cm³/mol. The van der Waals surface area contributed by atoms with E-state index < -0.39 is 17.5 Å². The summed E-state index contributed by atoms with van der Waals surface area (Å²) >= 11 is 0. The zero-order valence-corrected chi connectivity index (χ0v) is 9.36. The molecule has 3 rings (SSSR count). The van der Waals surface area contributed by atoms with Crippen LogP contribution in [0.1, 0.15) is 5.56 Å². The zero-order valence-electron chi connectivity index (χ0n) is 9.36. The van der Waals surface area contributed by atoms with Gasteiger partial charge in [-0.25, -0.2) is 4.79 Å². The van der Waals surface area contributed by atoms with Crippen molar-refractivity contribution < 1.29 is 19.1 Å². The number of imide groups is 1. The molecule has 1 unspecified atom stereocenters. The van der Waals surface area contributed by atoms with Crippen LogP contribution < -0.4 is 25.8 Å². The van der Waals surface area contributed by atoms with Crippen molar-refractivity contribution >= 4 is 11.9 Å². The Kier molecular flexibility index (Phi) is 2.17. The van der Waals surface area contributed by atoms with Gasteiger partial charge in [0, 0.05) is 6.54 Å². The molecule has 1 aromatic rings. The van der Waals surface area contributed by atoms with Crippen molar-refractivity contribution in [3.05, 3.63) is 23.8 Å². The third-order valence-corrected chi connectivity index (χ3v) is 3.11. The number of benzene rings is 1. The van der Waals surface area contributed by atoms with Crippen LogP contribution in [0.25, 0.3) is 0 Å². The lowest BCUT2D eigenvalue weighted by atomic mass is 9.90. The van der Waals surface area contributed by atoms with Crippen LogP contribution in [0.5, 0.6) is 11.5 Å². The molecule has 7 heteroatoms. The molecule has 3 amide bonds. The van der Waals surface area contributed by atoms with Gasteiger partial charge in [0.15, 0.2) is 17.0 Å². The lowest BCUT2D eigenvalue weighted by molar-refractivity contribution is -0.123. The SMILES string of the molecule is NCC1(c2ccc3c(c2)OCO3)NC(=O)NC1=O. The molecule has 4 N–H and O–H groups in total. The molecule has 0 bridgehead atoms. The average molecular weight is 249 g/mol. The molecule has 1 aromatic carbocycles. The van der Waals surface area contributed by atoms with Crippen LogP contribution in [0.15, 0.2) is 18.2 Å². The summed E-state index contributed by atoms with van der Waals surface area (Å²) in [7, 11) is 0. The van der Waals surface area contributed by atoms with Gasteiger partial charge in [-0.2, -0.15) is 0 Å². The third-order valence-electron chi connectivity index (χ3n) is 3.11. The number of carbonyl (C=O) groups excluding carboxylic acids is 2. The molecule has 1 atom stereocenters. The fourth-order valence-electron chi connectivity index (χ4n) is 2.12. The van der Waals surface area contributed by atoms with Crippen LogP contribution in [0, 0.1) is 0 Å². The van der Waals surface area contributed by atoms with Crippen molar-refractivity contribution in [3.8, 4) is 11.5 Å². The Bertz CT molecular complexity index is 545. The summed E-state index contributed by atoms with van der Waals surface area (Å²) in [6.07, 6.45) is 0. The van der Waals surface area contributed by atoms with Crippen molar-refractivity contribution in [2.75, 3.05) is 13.3 Å². The predicted octanol–water partition coefficient (Wildman–Crippen LogP) is -0.591. The second-order valence-corrected chi connectivity index (χ2v) is 4.09. The molecule has 0 aliphatic carbocycles. The fraction of sp³-hybridized carbons (Fsp3) is 0.273. The summed E-state index contributed by atoms with van der Waals surface area (Å²) in [6.45, 7) is 0.108. The number of ether oxygens (including phenoxy) is 2. The van der Waals surface area contributed by atoms with Crippen molar-refractivity contribution in [3.63, 3.8) is 0 Å². The van der Waals surface area contributed by atoms with Crippen molar-refractivity contribution in [2.24, 2.45) is 5.73 Å². The minimum atomic E-state index is -1.24. The van der Waals surface area contributed by atoms with Crippen LogP contribution in [0.3, 0.4) is 0 Å². The molecule has 0 radical (unpaired) electrons. The van der Waals surface area contributed by atoms with Crippen LogP contribution >= 0.6 is 0 Å². The second-order valence-electron chi connectivity index (χ2n) is 4.09. The highest BCUT2D eigenvalue weighted by Crippen LogP contribution is 2.36. The maximum absolute atomic E-state index is 11.9. The number of urea groups is 1. The first-order valence-electron chi connectivity index (χ1n) is 5.39.